The average molecular weight is 283 g/mol. The summed E-state index contributed by atoms with van der Waals surface area (Å²) in [5.74, 6) is 0.686. The van der Waals surface area contributed by atoms with Crippen LogP contribution in [0.5, 0.6) is 0 Å². The first-order valence-corrected chi connectivity index (χ1v) is 6.73. The van der Waals surface area contributed by atoms with E-state index < -0.39 is 0 Å². The molecule has 0 bridgehead atoms. The van der Waals surface area contributed by atoms with E-state index in [1.54, 1.807) is 0 Å². The smallest absolute Gasteiger partial charge is 0.224 e. The molecule has 0 saturated carbocycles. The fourth-order valence-corrected chi connectivity index (χ4v) is 2.50. The Balaban J connectivity index is 0.00000180. The van der Waals surface area contributed by atoms with Crippen LogP contribution in [0.25, 0.3) is 0 Å². The van der Waals surface area contributed by atoms with Gasteiger partial charge in [-0.25, -0.2) is 0 Å². The van der Waals surface area contributed by atoms with Crippen molar-refractivity contribution in [1.29, 1.82) is 0 Å². The van der Waals surface area contributed by atoms with Crippen LogP contribution in [0.15, 0.2) is 18.2 Å². The zero-order chi connectivity index (χ0) is 13.0. The summed E-state index contributed by atoms with van der Waals surface area (Å²) < 4.78 is 0. The van der Waals surface area contributed by atoms with Gasteiger partial charge in [0.25, 0.3) is 0 Å². The van der Waals surface area contributed by atoms with E-state index in [0.717, 1.165) is 37.2 Å². The number of nitrogens with one attached hydrogen (secondary N) is 2. The molecule has 1 aliphatic heterocycles. The monoisotopic (exact) mass is 282 g/mol. The van der Waals surface area contributed by atoms with Gasteiger partial charge in [-0.2, -0.15) is 0 Å². The molecule has 0 unspecified atom stereocenters. The molecule has 19 heavy (non-hydrogen) atoms. The van der Waals surface area contributed by atoms with Crippen molar-refractivity contribution >= 4 is 24.0 Å². The maximum atomic E-state index is 12.0. The van der Waals surface area contributed by atoms with Gasteiger partial charge in [0.2, 0.25) is 5.91 Å². The van der Waals surface area contributed by atoms with Gasteiger partial charge in [-0.05, 0) is 57.3 Å². The molecule has 4 heteroatoms. The number of rotatable bonds is 3. The summed E-state index contributed by atoms with van der Waals surface area (Å²) >= 11 is 0. The Hall–Kier alpha value is -1.06. The first-order chi connectivity index (χ1) is 8.65. The molecule has 0 atom stereocenters. The van der Waals surface area contributed by atoms with Crippen LogP contribution in [0.1, 0.15) is 30.4 Å². The van der Waals surface area contributed by atoms with Crippen LogP contribution in [-0.4, -0.2) is 19.0 Å². The van der Waals surface area contributed by atoms with Crippen molar-refractivity contribution in [3.63, 3.8) is 0 Å². The Bertz CT molecular complexity index is 428. The molecule has 1 heterocycles. The number of hydrogen-bond donors (Lipinski definition) is 2. The minimum Gasteiger partial charge on any atom is -0.326 e. The average Bonchev–Trinajstić information content (AvgIpc) is 2.34. The molecule has 2 rings (SSSR count). The van der Waals surface area contributed by atoms with Crippen molar-refractivity contribution < 1.29 is 4.79 Å². The molecule has 1 fully saturated rings. The quantitative estimate of drug-likeness (QED) is 0.895. The maximum Gasteiger partial charge on any atom is 0.224 e. The van der Waals surface area contributed by atoms with Gasteiger partial charge in [-0.3, -0.25) is 4.79 Å². The second-order valence-corrected chi connectivity index (χ2v) is 5.26. The molecule has 1 aromatic carbocycles. The van der Waals surface area contributed by atoms with Crippen molar-refractivity contribution in [2.45, 2.75) is 33.1 Å². The molecule has 0 aliphatic carbocycles. The molecule has 2 N–H and O–H groups in total. The van der Waals surface area contributed by atoms with Gasteiger partial charge >= 0.3 is 0 Å². The number of anilines is 1. The molecule has 0 radical (unpaired) electrons. The van der Waals surface area contributed by atoms with Gasteiger partial charge in [-0.15, -0.1) is 12.4 Å². The highest BCUT2D eigenvalue weighted by Gasteiger charge is 2.17. The van der Waals surface area contributed by atoms with E-state index in [4.69, 9.17) is 0 Å². The fraction of sp³-hybridized carbons (Fsp3) is 0.533. The minimum atomic E-state index is 0. The van der Waals surface area contributed by atoms with Gasteiger partial charge < -0.3 is 10.6 Å². The predicted molar refractivity (Wildman–Crippen MR) is 82.0 cm³/mol. The topological polar surface area (TPSA) is 41.1 Å². The third kappa shape index (κ3) is 4.84. The van der Waals surface area contributed by atoms with Crippen LogP contribution in [-0.2, 0) is 4.79 Å². The first kappa shape index (κ1) is 16.0. The summed E-state index contributed by atoms with van der Waals surface area (Å²) in [5, 5.41) is 6.35. The van der Waals surface area contributed by atoms with Gasteiger partial charge in [0.05, 0.1) is 0 Å². The Morgan fingerprint density at radius 3 is 2.63 bits per heavy atom. The number of carbonyl (C=O) groups excluding carboxylic acids is 1. The molecule has 1 amide bonds. The number of carbonyl (C=O) groups is 1. The summed E-state index contributed by atoms with van der Waals surface area (Å²) in [4.78, 5) is 12.0. The van der Waals surface area contributed by atoms with Gasteiger partial charge in [0, 0.05) is 12.1 Å². The van der Waals surface area contributed by atoms with Crippen LogP contribution in [0.4, 0.5) is 5.69 Å². The van der Waals surface area contributed by atoms with Crippen molar-refractivity contribution in [3.05, 3.63) is 29.3 Å². The highest BCUT2D eigenvalue weighted by Crippen LogP contribution is 2.19. The fourth-order valence-electron chi connectivity index (χ4n) is 2.50. The van der Waals surface area contributed by atoms with E-state index in [-0.39, 0.29) is 18.3 Å². The van der Waals surface area contributed by atoms with E-state index in [1.807, 2.05) is 19.1 Å². The number of hydrogen-bond acceptors (Lipinski definition) is 2. The minimum absolute atomic E-state index is 0. The molecule has 0 spiro atoms. The largest absolute Gasteiger partial charge is 0.326 e. The predicted octanol–water partition coefficient (Wildman–Crippen LogP) is 3.05. The number of aryl methyl sites for hydroxylation is 2. The van der Waals surface area contributed by atoms with Crippen LogP contribution in [0, 0.1) is 19.8 Å². The van der Waals surface area contributed by atoms with E-state index >= 15 is 0 Å². The third-order valence-electron chi connectivity index (χ3n) is 3.59. The summed E-state index contributed by atoms with van der Waals surface area (Å²) in [6.07, 6.45) is 2.87. The number of benzene rings is 1. The lowest BCUT2D eigenvalue weighted by Gasteiger charge is -2.22. The summed E-state index contributed by atoms with van der Waals surface area (Å²) in [5.41, 5.74) is 3.30. The van der Waals surface area contributed by atoms with Crippen LogP contribution >= 0.6 is 12.4 Å². The normalized spacial score (nSPS) is 15.7. The Kier molecular flexibility index (Phi) is 6.32. The van der Waals surface area contributed by atoms with E-state index in [0.29, 0.717) is 12.3 Å². The second kappa shape index (κ2) is 7.51. The molecular weight excluding hydrogens is 260 g/mol. The maximum absolute atomic E-state index is 12.0. The Morgan fingerprint density at radius 2 is 2.00 bits per heavy atom. The van der Waals surface area contributed by atoms with Crippen molar-refractivity contribution in [1.82, 2.24) is 5.32 Å². The van der Waals surface area contributed by atoms with Crippen molar-refractivity contribution in [2.75, 3.05) is 18.4 Å². The first-order valence-electron chi connectivity index (χ1n) is 6.73. The Labute approximate surface area is 121 Å². The van der Waals surface area contributed by atoms with Crippen molar-refractivity contribution in [2.24, 2.45) is 5.92 Å². The van der Waals surface area contributed by atoms with Gasteiger partial charge in [-0.1, -0.05) is 17.7 Å². The number of piperidine rings is 1. The standard InChI is InChI=1S/C15H22N2O.ClH/c1-11-3-4-14(12(2)9-11)17-15(18)10-13-5-7-16-8-6-13;/h3-4,9,13,16H,5-8,10H2,1-2H3,(H,17,18);1H. The molecule has 106 valence electrons. The number of amides is 1. The van der Waals surface area contributed by atoms with Crippen LogP contribution in [0.3, 0.4) is 0 Å². The zero-order valence-electron chi connectivity index (χ0n) is 11.7. The van der Waals surface area contributed by atoms with E-state index in [1.165, 1.54) is 5.56 Å². The molecular formula is C15H23ClN2O. The molecule has 1 saturated heterocycles. The third-order valence-corrected chi connectivity index (χ3v) is 3.59. The lowest BCUT2D eigenvalue weighted by atomic mass is 9.94. The summed E-state index contributed by atoms with van der Waals surface area (Å²) in [7, 11) is 0. The van der Waals surface area contributed by atoms with Gasteiger partial charge in [0.1, 0.15) is 0 Å². The van der Waals surface area contributed by atoms with Crippen molar-refractivity contribution in [3.8, 4) is 0 Å². The molecule has 0 aromatic heterocycles. The SMILES string of the molecule is Cc1ccc(NC(=O)CC2CCNCC2)c(C)c1.Cl. The summed E-state index contributed by atoms with van der Waals surface area (Å²) in [6, 6.07) is 6.12. The second-order valence-electron chi connectivity index (χ2n) is 5.26. The molecule has 1 aliphatic rings. The Morgan fingerprint density at radius 1 is 1.32 bits per heavy atom. The zero-order valence-corrected chi connectivity index (χ0v) is 12.5. The van der Waals surface area contributed by atoms with E-state index in [9.17, 15) is 4.79 Å². The van der Waals surface area contributed by atoms with E-state index in [2.05, 4.69) is 23.6 Å². The van der Waals surface area contributed by atoms with Crippen LogP contribution in [0.2, 0.25) is 0 Å². The highest BCUT2D eigenvalue weighted by molar-refractivity contribution is 5.91. The lowest BCUT2D eigenvalue weighted by Crippen LogP contribution is -2.30. The molecule has 1 aromatic rings. The highest BCUT2D eigenvalue weighted by atomic mass is 35.5. The number of halogens is 1. The summed E-state index contributed by atoms with van der Waals surface area (Å²) in [6.45, 7) is 6.18. The lowest BCUT2D eigenvalue weighted by molar-refractivity contribution is -0.117. The van der Waals surface area contributed by atoms with Crippen LogP contribution < -0.4 is 10.6 Å². The molecule has 3 nitrogen and oxygen atoms in total. The van der Waals surface area contributed by atoms with Gasteiger partial charge in [0.15, 0.2) is 0 Å².